The molecule has 3 rings (SSSR count). The lowest BCUT2D eigenvalue weighted by Crippen LogP contribution is -2.18. The Balaban J connectivity index is 1.86. The predicted octanol–water partition coefficient (Wildman–Crippen LogP) is 3.32. The zero-order valence-electron chi connectivity index (χ0n) is 10.7. The Morgan fingerprint density at radius 2 is 2.21 bits per heavy atom. The third-order valence-corrected chi connectivity index (χ3v) is 4.30. The van der Waals surface area contributed by atoms with E-state index in [2.05, 4.69) is 32.5 Å². The zero-order chi connectivity index (χ0) is 13.4. The normalized spacial score (nSPS) is 11.1. The molecule has 98 valence electrons. The van der Waals surface area contributed by atoms with Crippen molar-refractivity contribution in [2.75, 3.05) is 11.9 Å². The Hall–Kier alpha value is -1.59. The Morgan fingerprint density at radius 3 is 2.95 bits per heavy atom. The molecular weight excluding hydrogens is 280 g/mol. The molecule has 2 aromatic heterocycles. The highest BCUT2D eigenvalue weighted by molar-refractivity contribution is 7.13. The van der Waals surface area contributed by atoms with E-state index in [1.807, 2.05) is 24.9 Å². The number of benzene rings is 1. The molecule has 4 nitrogen and oxygen atoms in total. The molecule has 3 aromatic rings. The zero-order valence-corrected chi connectivity index (χ0v) is 12.2. The van der Waals surface area contributed by atoms with E-state index >= 15 is 0 Å². The lowest BCUT2D eigenvalue weighted by molar-refractivity contribution is 0.762. The van der Waals surface area contributed by atoms with E-state index in [-0.39, 0.29) is 0 Å². The van der Waals surface area contributed by atoms with Gasteiger partial charge in [-0.25, -0.2) is 4.98 Å². The van der Waals surface area contributed by atoms with Crippen LogP contribution >= 0.6 is 23.1 Å². The quantitative estimate of drug-likeness (QED) is 0.742. The minimum Gasteiger partial charge on any atom is -0.367 e. The molecule has 2 heterocycles. The van der Waals surface area contributed by atoms with Crippen molar-refractivity contribution in [3.05, 3.63) is 41.6 Å². The van der Waals surface area contributed by atoms with E-state index in [0.29, 0.717) is 11.7 Å². The molecule has 0 spiro atoms. The molecule has 0 atom stereocenters. The van der Waals surface area contributed by atoms with Gasteiger partial charge in [0.1, 0.15) is 11.0 Å². The van der Waals surface area contributed by atoms with Gasteiger partial charge in [-0.2, -0.15) is 4.37 Å². The average molecular weight is 293 g/mol. The summed E-state index contributed by atoms with van der Waals surface area (Å²) in [7, 11) is 3.97. The number of nitrogens with zero attached hydrogens (tertiary/aromatic N) is 4. The van der Waals surface area contributed by atoms with Gasteiger partial charge >= 0.3 is 0 Å². The first-order chi connectivity index (χ1) is 9.15. The minimum atomic E-state index is 0.654. The van der Waals surface area contributed by atoms with Crippen LogP contribution in [0.2, 0.25) is 5.15 Å². The average Bonchev–Trinajstić information content (AvgIpc) is 2.99. The number of aromatic nitrogens is 3. The summed E-state index contributed by atoms with van der Waals surface area (Å²) in [5.41, 5.74) is 1.15. The van der Waals surface area contributed by atoms with Crippen LogP contribution in [0.25, 0.3) is 10.1 Å². The SMILES string of the molecule is CN(Cc1ncc(Cl)n1C)c1ccc2cnsc2c1. The molecule has 0 saturated carbocycles. The summed E-state index contributed by atoms with van der Waals surface area (Å²) in [5, 5.41) is 1.84. The number of fused-ring (bicyclic) bond motifs is 1. The van der Waals surface area contributed by atoms with Gasteiger partial charge in [0.05, 0.1) is 17.4 Å². The van der Waals surface area contributed by atoms with E-state index in [9.17, 15) is 0 Å². The number of imidazole rings is 1. The number of hydrogen-bond acceptors (Lipinski definition) is 4. The molecule has 0 saturated heterocycles. The largest absolute Gasteiger partial charge is 0.367 e. The molecule has 6 heteroatoms. The summed E-state index contributed by atoms with van der Waals surface area (Å²) in [4.78, 5) is 6.46. The Bertz CT molecular complexity index is 718. The molecule has 0 unspecified atom stereocenters. The van der Waals surface area contributed by atoms with Gasteiger partial charge in [0.2, 0.25) is 0 Å². The van der Waals surface area contributed by atoms with E-state index < -0.39 is 0 Å². The van der Waals surface area contributed by atoms with Gasteiger partial charge in [0.15, 0.2) is 0 Å². The fourth-order valence-corrected chi connectivity index (χ4v) is 2.79. The van der Waals surface area contributed by atoms with Crippen molar-refractivity contribution >= 4 is 38.9 Å². The third kappa shape index (κ3) is 2.31. The van der Waals surface area contributed by atoms with Crippen LogP contribution < -0.4 is 4.90 Å². The maximum atomic E-state index is 6.00. The third-order valence-electron chi connectivity index (χ3n) is 3.19. The van der Waals surface area contributed by atoms with E-state index in [1.54, 1.807) is 6.20 Å². The predicted molar refractivity (Wildman–Crippen MR) is 79.9 cm³/mol. The molecule has 0 N–H and O–H groups in total. The maximum Gasteiger partial charge on any atom is 0.129 e. The van der Waals surface area contributed by atoms with Gasteiger partial charge in [-0.05, 0) is 29.7 Å². The lowest BCUT2D eigenvalue weighted by Gasteiger charge is -2.19. The van der Waals surface area contributed by atoms with Crippen molar-refractivity contribution in [3.8, 4) is 0 Å². The van der Waals surface area contributed by atoms with Crippen LogP contribution in [0.5, 0.6) is 0 Å². The van der Waals surface area contributed by atoms with Crippen LogP contribution in [0.3, 0.4) is 0 Å². The number of rotatable bonds is 3. The Morgan fingerprint density at radius 1 is 1.37 bits per heavy atom. The lowest BCUT2D eigenvalue weighted by atomic mass is 10.2. The molecule has 1 aromatic carbocycles. The molecule has 0 amide bonds. The van der Waals surface area contributed by atoms with Crippen LogP contribution in [0.1, 0.15) is 5.82 Å². The number of hydrogen-bond donors (Lipinski definition) is 0. The first-order valence-electron chi connectivity index (χ1n) is 5.87. The molecule has 0 aliphatic carbocycles. The van der Waals surface area contributed by atoms with Crippen molar-refractivity contribution in [2.45, 2.75) is 6.54 Å². The van der Waals surface area contributed by atoms with Gasteiger partial charge in [-0.15, -0.1) is 0 Å². The highest BCUT2D eigenvalue weighted by Gasteiger charge is 2.09. The summed E-state index contributed by atoms with van der Waals surface area (Å²) in [6, 6.07) is 6.34. The molecule has 0 bridgehead atoms. The fourth-order valence-electron chi connectivity index (χ4n) is 1.96. The Kier molecular flexibility index (Phi) is 3.16. The van der Waals surface area contributed by atoms with Crippen molar-refractivity contribution < 1.29 is 0 Å². The van der Waals surface area contributed by atoms with E-state index in [0.717, 1.165) is 11.5 Å². The van der Waals surface area contributed by atoms with Gasteiger partial charge < -0.3 is 9.47 Å². The summed E-state index contributed by atoms with van der Waals surface area (Å²) < 4.78 is 7.28. The van der Waals surface area contributed by atoms with Gasteiger partial charge in [-0.3, -0.25) is 0 Å². The van der Waals surface area contributed by atoms with Crippen LogP contribution in [0.4, 0.5) is 5.69 Å². The van der Waals surface area contributed by atoms with Crippen molar-refractivity contribution in [1.82, 2.24) is 13.9 Å². The molecule has 0 fully saturated rings. The second-order valence-corrected chi connectivity index (χ2v) is 5.68. The summed E-state index contributed by atoms with van der Waals surface area (Å²) >= 11 is 7.51. The maximum absolute atomic E-state index is 6.00. The van der Waals surface area contributed by atoms with Crippen molar-refractivity contribution in [2.24, 2.45) is 7.05 Å². The summed E-state index contributed by atoms with van der Waals surface area (Å²) in [6.07, 6.45) is 3.57. The van der Waals surface area contributed by atoms with Gasteiger partial charge in [-0.1, -0.05) is 11.6 Å². The van der Waals surface area contributed by atoms with Crippen molar-refractivity contribution in [3.63, 3.8) is 0 Å². The standard InChI is InChI=1S/C13H13ClN4S/c1-17(8-13-15-7-12(14)18(13)2)10-4-3-9-6-16-19-11(9)5-10/h3-7H,8H2,1-2H3. The highest BCUT2D eigenvalue weighted by Crippen LogP contribution is 2.25. The minimum absolute atomic E-state index is 0.654. The molecular formula is C13H13ClN4S. The second kappa shape index (κ2) is 4.83. The van der Waals surface area contributed by atoms with Crippen LogP contribution in [0.15, 0.2) is 30.6 Å². The smallest absolute Gasteiger partial charge is 0.129 e. The highest BCUT2D eigenvalue weighted by atomic mass is 35.5. The first-order valence-corrected chi connectivity index (χ1v) is 7.02. The van der Waals surface area contributed by atoms with Crippen molar-refractivity contribution in [1.29, 1.82) is 0 Å². The van der Waals surface area contributed by atoms with Crippen LogP contribution in [-0.4, -0.2) is 21.0 Å². The fraction of sp³-hybridized carbons (Fsp3) is 0.231. The molecule has 19 heavy (non-hydrogen) atoms. The summed E-state index contributed by atoms with van der Waals surface area (Å²) in [6.45, 7) is 0.716. The summed E-state index contributed by atoms with van der Waals surface area (Å²) in [5.74, 6) is 0.942. The van der Waals surface area contributed by atoms with E-state index in [4.69, 9.17) is 11.6 Å². The van der Waals surface area contributed by atoms with Crippen LogP contribution in [-0.2, 0) is 13.6 Å². The molecule has 0 aliphatic rings. The van der Waals surface area contributed by atoms with Gasteiger partial charge in [0, 0.05) is 31.4 Å². The molecule has 0 radical (unpaired) electrons. The topological polar surface area (TPSA) is 34.0 Å². The monoisotopic (exact) mass is 292 g/mol. The van der Waals surface area contributed by atoms with Gasteiger partial charge in [0.25, 0.3) is 0 Å². The number of halogens is 1. The molecule has 0 aliphatic heterocycles. The van der Waals surface area contributed by atoms with E-state index in [1.165, 1.54) is 21.6 Å². The van der Waals surface area contributed by atoms with Crippen LogP contribution in [0, 0.1) is 0 Å². The number of anilines is 1. The Labute approximate surface area is 120 Å². The first kappa shape index (κ1) is 12.4. The second-order valence-electron chi connectivity index (χ2n) is 4.46.